The van der Waals surface area contributed by atoms with Gasteiger partial charge in [0.05, 0.1) is 5.60 Å². The van der Waals surface area contributed by atoms with Crippen LogP contribution in [-0.2, 0) is 12.8 Å². The van der Waals surface area contributed by atoms with E-state index in [1.807, 2.05) is 25.2 Å². The minimum atomic E-state index is -0.592. The Morgan fingerprint density at radius 3 is 2.83 bits per heavy atom. The molecule has 0 radical (unpaired) electrons. The second-order valence-corrected chi connectivity index (χ2v) is 6.93. The van der Waals surface area contributed by atoms with Crippen molar-refractivity contribution in [3.8, 4) is 0 Å². The van der Waals surface area contributed by atoms with Gasteiger partial charge in [0.1, 0.15) is 0 Å². The molecule has 1 aliphatic rings. The highest BCUT2D eigenvalue weighted by Crippen LogP contribution is 2.32. The van der Waals surface area contributed by atoms with Gasteiger partial charge in [-0.3, -0.25) is 0 Å². The van der Waals surface area contributed by atoms with E-state index in [0.717, 1.165) is 6.42 Å². The topological polar surface area (TPSA) is 32.3 Å². The number of thiophene rings is 1. The van der Waals surface area contributed by atoms with Crippen LogP contribution in [0.4, 0.5) is 0 Å². The molecular formula is C15H25NOS. The summed E-state index contributed by atoms with van der Waals surface area (Å²) >= 11 is 1.96. The fourth-order valence-electron chi connectivity index (χ4n) is 2.33. The van der Waals surface area contributed by atoms with Crippen molar-refractivity contribution in [1.82, 2.24) is 5.32 Å². The van der Waals surface area contributed by atoms with E-state index < -0.39 is 5.60 Å². The van der Waals surface area contributed by atoms with Gasteiger partial charge in [-0.05, 0) is 57.6 Å². The molecule has 0 aromatic carbocycles. The van der Waals surface area contributed by atoms with E-state index >= 15 is 0 Å². The zero-order chi connectivity index (χ0) is 13.2. The molecule has 0 aliphatic heterocycles. The van der Waals surface area contributed by atoms with Crippen molar-refractivity contribution in [3.63, 3.8) is 0 Å². The fraction of sp³-hybridized carbons (Fsp3) is 0.733. The molecular weight excluding hydrogens is 242 g/mol. The van der Waals surface area contributed by atoms with Crippen molar-refractivity contribution in [2.75, 3.05) is 6.54 Å². The predicted molar refractivity (Wildman–Crippen MR) is 78.3 cm³/mol. The van der Waals surface area contributed by atoms with Gasteiger partial charge in [0.25, 0.3) is 0 Å². The summed E-state index contributed by atoms with van der Waals surface area (Å²) < 4.78 is 0. The van der Waals surface area contributed by atoms with E-state index in [9.17, 15) is 5.11 Å². The van der Waals surface area contributed by atoms with E-state index in [4.69, 9.17) is 0 Å². The van der Waals surface area contributed by atoms with Crippen LogP contribution in [0.25, 0.3) is 0 Å². The summed E-state index contributed by atoms with van der Waals surface area (Å²) in [7, 11) is 0. The van der Waals surface area contributed by atoms with Crippen LogP contribution >= 0.6 is 11.3 Å². The van der Waals surface area contributed by atoms with Gasteiger partial charge in [0.2, 0.25) is 0 Å². The van der Waals surface area contributed by atoms with Crippen LogP contribution in [0.15, 0.2) is 6.07 Å². The van der Waals surface area contributed by atoms with E-state index in [1.54, 1.807) is 10.4 Å². The van der Waals surface area contributed by atoms with Crippen LogP contribution in [0.2, 0.25) is 0 Å². The van der Waals surface area contributed by atoms with Crippen molar-refractivity contribution in [3.05, 3.63) is 21.4 Å². The predicted octanol–water partition coefficient (Wildman–Crippen LogP) is 3.44. The molecule has 2 unspecified atom stereocenters. The summed E-state index contributed by atoms with van der Waals surface area (Å²) in [4.78, 5) is 3.01. The van der Waals surface area contributed by atoms with E-state index in [-0.39, 0.29) is 0 Å². The molecule has 0 fully saturated rings. The maximum Gasteiger partial charge on any atom is 0.0741 e. The molecule has 0 bridgehead atoms. The molecule has 18 heavy (non-hydrogen) atoms. The Morgan fingerprint density at radius 1 is 1.44 bits per heavy atom. The van der Waals surface area contributed by atoms with Crippen LogP contribution in [-0.4, -0.2) is 17.3 Å². The number of aliphatic hydroxyl groups is 1. The highest BCUT2D eigenvalue weighted by atomic mass is 32.1. The molecule has 2 nitrogen and oxygen atoms in total. The Labute approximate surface area is 114 Å². The molecule has 2 N–H and O–H groups in total. The SMILES string of the molecule is CCC(C)(O)CNC(C)c1cc2c(s1)CCCC2. The van der Waals surface area contributed by atoms with Crippen LogP contribution < -0.4 is 5.32 Å². The van der Waals surface area contributed by atoms with Crippen molar-refractivity contribution in [2.24, 2.45) is 0 Å². The molecule has 2 rings (SSSR count). The van der Waals surface area contributed by atoms with Gasteiger partial charge in [-0.25, -0.2) is 0 Å². The second-order valence-electron chi connectivity index (χ2n) is 5.76. The van der Waals surface area contributed by atoms with Crippen molar-refractivity contribution >= 4 is 11.3 Å². The third kappa shape index (κ3) is 3.34. The zero-order valence-corrected chi connectivity index (χ0v) is 12.6. The Bertz CT molecular complexity index is 374. The van der Waals surface area contributed by atoms with Gasteiger partial charge in [-0.15, -0.1) is 11.3 Å². The quantitative estimate of drug-likeness (QED) is 0.856. The largest absolute Gasteiger partial charge is 0.389 e. The van der Waals surface area contributed by atoms with E-state index in [0.29, 0.717) is 12.6 Å². The summed E-state index contributed by atoms with van der Waals surface area (Å²) in [6.07, 6.45) is 5.99. The first-order chi connectivity index (χ1) is 8.52. The number of hydrogen-bond donors (Lipinski definition) is 2. The van der Waals surface area contributed by atoms with Crippen LogP contribution in [0.3, 0.4) is 0 Å². The number of hydrogen-bond acceptors (Lipinski definition) is 3. The molecule has 0 saturated carbocycles. The molecule has 0 saturated heterocycles. The molecule has 0 spiro atoms. The van der Waals surface area contributed by atoms with Gasteiger partial charge >= 0.3 is 0 Å². The standard InChI is InChI=1S/C15H25NOS/c1-4-15(3,17)10-16-11(2)14-9-12-7-5-6-8-13(12)18-14/h9,11,16-17H,4-8,10H2,1-3H3. The Morgan fingerprint density at radius 2 is 2.17 bits per heavy atom. The van der Waals surface area contributed by atoms with E-state index in [2.05, 4.69) is 18.3 Å². The van der Waals surface area contributed by atoms with Crippen LogP contribution in [0, 0.1) is 0 Å². The normalized spacial score (nSPS) is 20.2. The average Bonchev–Trinajstić information content (AvgIpc) is 2.80. The van der Waals surface area contributed by atoms with Crippen molar-refractivity contribution in [1.29, 1.82) is 0 Å². The molecule has 1 heterocycles. The smallest absolute Gasteiger partial charge is 0.0741 e. The number of fused-ring (bicyclic) bond motifs is 1. The van der Waals surface area contributed by atoms with Gasteiger partial charge < -0.3 is 10.4 Å². The molecule has 1 aliphatic carbocycles. The first kappa shape index (κ1) is 14.0. The summed E-state index contributed by atoms with van der Waals surface area (Å²) in [6.45, 7) is 6.78. The Balaban J connectivity index is 1.96. The first-order valence-corrected chi connectivity index (χ1v) is 7.91. The summed E-state index contributed by atoms with van der Waals surface area (Å²) in [5.74, 6) is 0. The zero-order valence-electron chi connectivity index (χ0n) is 11.8. The number of nitrogens with one attached hydrogen (secondary N) is 1. The summed E-state index contributed by atoms with van der Waals surface area (Å²) in [6, 6.07) is 2.72. The number of aryl methyl sites for hydroxylation is 2. The fourth-order valence-corrected chi connectivity index (χ4v) is 3.61. The highest BCUT2D eigenvalue weighted by molar-refractivity contribution is 7.12. The lowest BCUT2D eigenvalue weighted by atomic mass is 9.99. The monoisotopic (exact) mass is 267 g/mol. The lowest BCUT2D eigenvalue weighted by molar-refractivity contribution is 0.0534. The average molecular weight is 267 g/mol. The Hall–Kier alpha value is -0.380. The molecule has 2 atom stereocenters. The molecule has 1 aromatic rings. The third-order valence-electron chi connectivity index (χ3n) is 3.99. The lowest BCUT2D eigenvalue weighted by Gasteiger charge is -2.24. The molecule has 102 valence electrons. The van der Waals surface area contributed by atoms with Gasteiger partial charge in [0.15, 0.2) is 0 Å². The molecule has 1 aromatic heterocycles. The van der Waals surface area contributed by atoms with E-state index in [1.165, 1.54) is 30.6 Å². The number of rotatable bonds is 5. The maximum atomic E-state index is 10.0. The first-order valence-electron chi connectivity index (χ1n) is 7.09. The highest BCUT2D eigenvalue weighted by Gasteiger charge is 2.20. The molecule has 3 heteroatoms. The van der Waals surface area contributed by atoms with Gasteiger partial charge in [0, 0.05) is 22.3 Å². The van der Waals surface area contributed by atoms with Crippen molar-refractivity contribution in [2.45, 2.75) is 64.5 Å². The minimum Gasteiger partial charge on any atom is -0.389 e. The van der Waals surface area contributed by atoms with Gasteiger partial charge in [-0.1, -0.05) is 6.92 Å². The third-order valence-corrected chi connectivity index (χ3v) is 5.41. The second kappa shape index (κ2) is 5.72. The maximum absolute atomic E-state index is 10.0. The lowest BCUT2D eigenvalue weighted by Crippen LogP contribution is -2.38. The molecule has 0 amide bonds. The summed E-state index contributed by atoms with van der Waals surface area (Å²) in [5, 5.41) is 13.5. The Kier molecular flexibility index (Phi) is 4.46. The summed E-state index contributed by atoms with van der Waals surface area (Å²) in [5.41, 5.74) is 0.975. The van der Waals surface area contributed by atoms with Gasteiger partial charge in [-0.2, -0.15) is 0 Å². The van der Waals surface area contributed by atoms with Crippen LogP contribution in [0.5, 0.6) is 0 Å². The van der Waals surface area contributed by atoms with Crippen molar-refractivity contribution < 1.29 is 5.11 Å². The minimum absolute atomic E-state index is 0.346. The van der Waals surface area contributed by atoms with Crippen LogP contribution in [0.1, 0.15) is 61.4 Å².